The van der Waals surface area contributed by atoms with Gasteiger partial charge in [-0.05, 0) is 0 Å². The van der Waals surface area contributed by atoms with Crippen molar-refractivity contribution in [2.75, 3.05) is 26.3 Å². The van der Waals surface area contributed by atoms with Crippen LogP contribution in [0.3, 0.4) is 0 Å². The molecule has 4 heteroatoms. The minimum absolute atomic E-state index is 0.283. The number of ether oxygens (including phenoxy) is 3. The first-order valence-electron chi connectivity index (χ1n) is 4.00. The van der Waals surface area contributed by atoms with Crippen LogP contribution in [0.4, 0.5) is 5.69 Å². The van der Waals surface area contributed by atoms with Gasteiger partial charge in [0.1, 0.15) is 5.75 Å². The van der Waals surface area contributed by atoms with E-state index >= 15 is 0 Å². The van der Waals surface area contributed by atoms with Crippen LogP contribution >= 0.6 is 0 Å². The molecule has 0 unspecified atom stereocenters. The Kier molecular flexibility index (Phi) is 1.88. The van der Waals surface area contributed by atoms with E-state index in [0.717, 1.165) is 22.9 Å². The van der Waals surface area contributed by atoms with Crippen molar-refractivity contribution in [3.8, 4) is 17.2 Å². The highest BCUT2D eigenvalue weighted by Gasteiger charge is 2.16. The van der Waals surface area contributed by atoms with Gasteiger partial charge in [-0.2, -0.15) is 0 Å². The molecule has 1 aromatic rings. The molecule has 0 aromatic heterocycles. The summed E-state index contributed by atoms with van der Waals surface area (Å²) in [6.07, 6.45) is 0. The molecule has 0 amide bonds. The van der Waals surface area contributed by atoms with E-state index in [0.29, 0.717) is 0 Å². The van der Waals surface area contributed by atoms with Crippen molar-refractivity contribution in [1.29, 1.82) is 0 Å². The molecule has 1 heterocycles. The van der Waals surface area contributed by atoms with Crippen LogP contribution in [-0.4, -0.2) is 21.0 Å². The van der Waals surface area contributed by atoms with Gasteiger partial charge in [0.05, 0.1) is 12.8 Å². The Bertz CT molecular complexity index is 294. The predicted octanol–water partition coefficient (Wildman–Crippen LogP) is 1.47. The van der Waals surface area contributed by atoms with Crippen LogP contribution in [0.5, 0.6) is 17.2 Å². The zero-order valence-corrected chi connectivity index (χ0v) is 7.59. The van der Waals surface area contributed by atoms with Gasteiger partial charge in [-0.15, -0.1) is 0 Å². The van der Waals surface area contributed by atoms with Gasteiger partial charge in [0.25, 0.3) is 0 Å². The summed E-state index contributed by atoms with van der Waals surface area (Å²) >= 11 is 0. The van der Waals surface area contributed by atoms with Crippen LogP contribution in [0.15, 0.2) is 12.1 Å². The standard InChI is InChI=1S/C9H11NO3/c1-10-6-3-8-9(13-5-12-8)4-7(6)11-2/h3-4,10H,5H2,1-2H3. The second-order valence-electron chi connectivity index (χ2n) is 2.66. The fourth-order valence-electron chi connectivity index (χ4n) is 1.29. The number of hydrogen-bond donors (Lipinski definition) is 1. The Morgan fingerprint density at radius 2 is 2.00 bits per heavy atom. The lowest BCUT2D eigenvalue weighted by atomic mass is 10.2. The molecule has 0 aliphatic carbocycles. The lowest BCUT2D eigenvalue weighted by Crippen LogP contribution is -1.93. The van der Waals surface area contributed by atoms with Crippen LogP contribution in [0, 0.1) is 0 Å². The highest BCUT2D eigenvalue weighted by molar-refractivity contribution is 5.64. The van der Waals surface area contributed by atoms with Crippen LogP contribution in [0.2, 0.25) is 0 Å². The Morgan fingerprint density at radius 3 is 2.62 bits per heavy atom. The van der Waals surface area contributed by atoms with Crippen molar-refractivity contribution in [3.63, 3.8) is 0 Å². The molecule has 0 saturated carbocycles. The predicted molar refractivity (Wildman–Crippen MR) is 48.7 cm³/mol. The van der Waals surface area contributed by atoms with Gasteiger partial charge in [0.15, 0.2) is 11.5 Å². The number of fused-ring (bicyclic) bond motifs is 1. The highest BCUT2D eigenvalue weighted by Crippen LogP contribution is 2.40. The molecule has 0 bridgehead atoms. The summed E-state index contributed by atoms with van der Waals surface area (Å²) < 4.78 is 15.6. The fraction of sp³-hybridized carbons (Fsp3) is 0.333. The third-order valence-corrected chi connectivity index (χ3v) is 1.96. The number of methoxy groups -OCH3 is 1. The molecule has 0 fully saturated rings. The summed E-state index contributed by atoms with van der Waals surface area (Å²) in [5.74, 6) is 2.24. The van der Waals surface area contributed by atoms with E-state index in [1.54, 1.807) is 7.11 Å². The molecule has 0 atom stereocenters. The van der Waals surface area contributed by atoms with Crippen LogP contribution < -0.4 is 19.5 Å². The molecule has 0 radical (unpaired) electrons. The maximum absolute atomic E-state index is 5.22. The van der Waals surface area contributed by atoms with Crippen molar-refractivity contribution in [3.05, 3.63) is 12.1 Å². The number of anilines is 1. The maximum atomic E-state index is 5.22. The maximum Gasteiger partial charge on any atom is 0.231 e. The molecule has 4 nitrogen and oxygen atoms in total. The SMILES string of the molecule is CNc1cc2c(cc1OC)OCO2. The zero-order valence-electron chi connectivity index (χ0n) is 7.59. The quantitative estimate of drug-likeness (QED) is 0.749. The van der Waals surface area contributed by atoms with Gasteiger partial charge >= 0.3 is 0 Å². The molecule has 2 rings (SSSR count). The van der Waals surface area contributed by atoms with Crippen LogP contribution in [0.1, 0.15) is 0 Å². The van der Waals surface area contributed by atoms with Crippen molar-refractivity contribution in [2.45, 2.75) is 0 Å². The van der Waals surface area contributed by atoms with E-state index in [1.807, 2.05) is 19.2 Å². The molecule has 1 aromatic carbocycles. The molecule has 70 valence electrons. The lowest BCUT2D eigenvalue weighted by molar-refractivity contribution is 0.174. The fourth-order valence-corrected chi connectivity index (χ4v) is 1.29. The van der Waals surface area contributed by atoms with Crippen molar-refractivity contribution >= 4 is 5.69 Å². The number of benzene rings is 1. The Labute approximate surface area is 76.4 Å². The Balaban J connectivity index is 2.47. The summed E-state index contributed by atoms with van der Waals surface area (Å²) in [7, 11) is 3.46. The summed E-state index contributed by atoms with van der Waals surface area (Å²) in [6.45, 7) is 0.283. The van der Waals surface area contributed by atoms with E-state index in [9.17, 15) is 0 Å². The second kappa shape index (κ2) is 3.05. The summed E-state index contributed by atoms with van der Waals surface area (Å²) in [6, 6.07) is 3.68. The molecule has 1 aliphatic rings. The first-order valence-corrected chi connectivity index (χ1v) is 4.00. The minimum atomic E-state index is 0.283. The van der Waals surface area contributed by atoms with E-state index in [1.165, 1.54) is 0 Å². The number of nitrogens with one attached hydrogen (secondary N) is 1. The van der Waals surface area contributed by atoms with Gasteiger partial charge < -0.3 is 19.5 Å². The average Bonchev–Trinajstić information content (AvgIpc) is 2.62. The first-order chi connectivity index (χ1) is 6.35. The van der Waals surface area contributed by atoms with Gasteiger partial charge in [-0.3, -0.25) is 0 Å². The smallest absolute Gasteiger partial charge is 0.231 e. The molecular weight excluding hydrogens is 170 g/mol. The normalized spacial score (nSPS) is 12.8. The topological polar surface area (TPSA) is 39.7 Å². The van der Waals surface area contributed by atoms with E-state index in [-0.39, 0.29) is 6.79 Å². The lowest BCUT2D eigenvalue weighted by Gasteiger charge is -2.08. The summed E-state index contributed by atoms with van der Waals surface area (Å²) in [5.41, 5.74) is 0.895. The largest absolute Gasteiger partial charge is 0.494 e. The van der Waals surface area contributed by atoms with Gasteiger partial charge in [-0.25, -0.2) is 0 Å². The second-order valence-corrected chi connectivity index (χ2v) is 2.66. The number of rotatable bonds is 2. The summed E-state index contributed by atoms with van der Waals surface area (Å²) in [4.78, 5) is 0. The molecule has 1 aliphatic heterocycles. The minimum Gasteiger partial charge on any atom is -0.494 e. The zero-order chi connectivity index (χ0) is 9.26. The molecule has 0 spiro atoms. The molecule has 13 heavy (non-hydrogen) atoms. The van der Waals surface area contributed by atoms with Gasteiger partial charge in [0, 0.05) is 19.2 Å². The molecule has 0 saturated heterocycles. The number of hydrogen-bond acceptors (Lipinski definition) is 4. The molecule has 1 N–H and O–H groups in total. The Morgan fingerprint density at radius 1 is 1.31 bits per heavy atom. The van der Waals surface area contributed by atoms with Gasteiger partial charge in [-0.1, -0.05) is 0 Å². The highest BCUT2D eigenvalue weighted by atomic mass is 16.7. The van der Waals surface area contributed by atoms with E-state index in [4.69, 9.17) is 14.2 Å². The van der Waals surface area contributed by atoms with Crippen molar-refractivity contribution in [1.82, 2.24) is 0 Å². The summed E-state index contributed by atoms with van der Waals surface area (Å²) in [5, 5.41) is 3.02. The molecular formula is C9H11NO3. The monoisotopic (exact) mass is 181 g/mol. The Hall–Kier alpha value is -1.58. The van der Waals surface area contributed by atoms with E-state index < -0.39 is 0 Å². The van der Waals surface area contributed by atoms with Gasteiger partial charge in [0.2, 0.25) is 6.79 Å². The van der Waals surface area contributed by atoms with Crippen molar-refractivity contribution < 1.29 is 14.2 Å². The van der Waals surface area contributed by atoms with Crippen molar-refractivity contribution in [2.24, 2.45) is 0 Å². The third-order valence-electron chi connectivity index (χ3n) is 1.96. The van der Waals surface area contributed by atoms with Crippen LogP contribution in [-0.2, 0) is 0 Å². The van der Waals surface area contributed by atoms with Crippen LogP contribution in [0.25, 0.3) is 0 Å². The average molecular weight is 181 g/mol. The third kappa shape index (κ3) is 1.24. The first kappa shape index (κ1) is 8.04. The van der Waals surface area contributed by atoms with E-state index in [2.05, 4.69) is 5.32 Å².